The number of anilines is 1. The maximum atomic E-state index is 13.2. The number of hydrogen-bond acceptors (Lipinski definition) is 7. The molecule has 1 unspecified atom stereocenters. The maximum Gasteiger partial charge on any atom is 0.341 e. The standard InChI is InChI=1S/C22H23N3O7/c1-22(2)7-11-17(12(26)8-22)16(18-19(23-11)24-21(30)25-20(18)29)10-4-5-13(14(6-10)31-3)32-9-15(27)28/h4-6,16H,7-9H2,1-3H3,(H,27,28)(H3,23,24,25,29,30). The molecule has 1 aromatic heterocycles. The van der Waals surface area contributed by atoms with Crippen LogP contribution in [0, 0.1) is 5.41 Å². The number of hydrogen-bond donors (Lipinski definition) is 4. The Hall–Kier alpha value is -3.82. The molecule has 10 heteroatoms. The number of H-pyrrole nitrogens is 2. The van der Waals surface area contributed by atoms with Gasteiger partial charge in [-0.15, -0.1) is 0 Å². The van der Waals surface area contributed by atoms with Gasteiger partial charge in [-0.05, 0) is 29.5 Å². The number of Topliss-reactive ketones (excluding diaryl/α,β-unsaturated/α-hetero) is 1. The van der Waals surface area contributed by atoms with Crippen molar-refractivity contribution >= 4 is 17.6 Å². The van der Waals surface area contributed by atoms with Gasteiger partial charge in [-0.3, -0.25) is 19.6 Å². The first-order chi connectivity index (χ1) is 15.1. The molecule has 1 aromatic carbocycles. The molecule has 2 heterocycles. The molecule has 1 aliphatic carbocycles. The minimum absolute atomic E-state index is 0.0878. The highest BCUT2D eigenvalue weighted by Gasteiger charge is 2.42. The summed E-state index contributed by atoms with van der Waals surface area (Å²) < 4.78 is 10.6. The molecule has 2 aliphatic rings. The van der Waals surface area contributed by atoms with Gasteiger partial charge in [-0.2, -0.15) is 0 Å². The summed E-state index contributed by atoms with van der Waals surface area (Å²) in [5, 5.41) is 12.0. The van der Waals surface area contributed by atoms with Gasteiger partial charge in [0.1, 0.15) is 5.82 Å². The van der Waals surface area contributed by atoms with E-state index < -0.39 is 29.7 Å². The smallest absolute Gasteiger partial charge is 0.341 e. The number of carbonyl (C=O) groups is 2. The number of fused-ring (bicyclic) bond motifs is 1. The van der Waals surface area contributed by atoms with Crippen LogP contribution in [0.2, 0.25) is 0 Å². The van der Waals surface area contributed by atoms with Gasteiger partial charge < -0.3 is 19.9 Å². The van der Waals surface area contributed by atoms with Crippen molar-refractivity contribution in [2.24, 2.45) is 5.41 Å². The fourth-order valence-electron chi connectivity index (χ4n) is 4.40. The van der Waals surface area contributed by atoms with Gasteiger partial charge in [0.15, 0.2) is 23.9 Å². The van der Waals surface area contributed by atoms with Crippen LogP contribution in [0.25, 0.3) is 0 Å². The summed E-state index contributed by atoms with van der Waals surface area (Å²) in [6.45, 7) is 3.42. The molecule has 1 atom stereocenters. The maximum absolute atomic E-state index is 13.2. The van der Waals surface area contributed by atoms with Gasteiger partial charge in [0.05, 0.1) is 12.7 Å². The molecule has 0 amide bonds. The van der Waals surface area contributed by atoms with E-state index in [0.29, 0.717) is 29.7 Å². The molecular formula is C22H23N3O7. The van der Waals surface area contributed by atoms with Crippen LogP contribution >= 0.6 is 0 Å². The van der Waals surface area contributed by atoms with Crippen molar-refractivity contribution in [1.82, 2.24) is 9.97 Å². The van der Waals surface area contributed by atoms with Crippen molar-refractivity contribution in [2.45, 2.75) is 32.6 Å². The lowest BCUT2D eigenvalue weighted by Gasteiger charge is -2.38. The van der Waals surface area contributed by atoms with Crippen LogP contribution in [0.1, 0.15) is 43.7 Å². The number of allylic oxidation sites excluding steroid dienone is 2. The van der Waals surface area contributed by atoms with E-state index in [1.54, 1.807) is 12.1 Å². The minimum Gasteiger partial charge on any atom is -0.493 e. The van der Waals surface area contributed by atoms with Crippen molar-refractivity contribution in [3.05, 3.63) is 61.4 Å². The second kappa shape index (κ2) is 7.70. The Morgan fingerprint density at radius 1 is 1.16 bits per heavy atom. The van der Waals surface area contributed by atoms with E-state index in [1.165, 1.54) is 13.2 Å². The second-order valence-corrected chi connectivity index (χ2v) is 8.68. The van der Waals surface area contributed by atoms with Gasteiger partial charge in [0, 0.05) is 23.6 Å². The van der Waals surface area contributed by atoms with Gasteiger partial charge >= 0.3 is 11.7 Å². The zero-order chi connectivity index (χ0) is 23.2. The summed E-state index contributed by atoms with van der Waals surface area (Å²) in [6.07, 6.45) is 0.882. The van der Waals surface area contributed by atoms with Crippen LogP contribution in [-0.4, -0.2) is 40.5 Å². The van der Waals surface area contributed by atoms with Crippen LogP contribution in [0.3, 0.4) is 0 Å². The van der Waals surface area contributed by atoms with E-state index in [4.69, 9.17) is 14.6 Å². The summed E-state index contributed by atoms with van der Waals surface area (Å²) in [7, 11) is 1.41. The summed E-state index contributed by atoms with van der Waals surface area (Å²) in [5.41, 5.74) is 0.392. The monoisotopic (exact) mass is 441 g/mol. The van der Waals surface area contributed by atoms with Crippen LogP contribution in [-0.2, 0) is 9.59 Å². The molecule has 0 saturated carbocycles. The third kappa shape index (κ3) is 3.79. The largest absolute Gasteiger partial charge is 0.493 e. The average molecular weight is 441 g/mol. The number of ketones is 1. The van der Waals surface area contributed by atoms with Crippen molar-refractivity contribution < 1.29 is 24.2 Å². The first kappa shape index (κ1) is 21.4. The van der Waals surface area contributed by atoms with Crippen molar-refractivity contribution in [1.29, 1.82) is 0 Å². The Morgan fingerprint density at radius 3 is 2.59 bits per heavy atom. The number of carboxylic acid groups (broad SMARTS) is 1. The third-order valence-electron chi connectivity index (χ3n) is 5.62. The van der Waals surface area contributed by atoms with Crippen LogP contribution in [0.15, 0.2) is 39.1 Å². The van der Waals surface area contributed by atoms with Crippen molar-refractivity contribution in [3.8, 4) is 11.5 Å². The Bertz CT molecular complexity index is 1270. The number of carbonyl (C=O) groups excluding carboxylic acids is 1. The Balaban J connectivity index is 1.90. The van der Waals surface area contributed by atoms with Gasteiger partial charge in [0.2, 0.25) is 0 Å². The minimum atomic E-state index is -1.14. The molecular weight excluding hydrogens is 418 g/mol. The topological polar surface area (TPSA) is 151 Å². The molecule has 2 aromatic rings. The average Bonchev–Trinajstić information content (AvgIpc) is 2.69. The molecule has 0 bridgehead atoms. The van der Waals surface area contributed by atoms with E-state index in [-0.39, 0.29) is 34.1 Å². The van der Waals surface area contributed by atoms with E-state index in [1.807, 2.05) is 13.8 Å². The summed E-state index contributed by atoms with van der Waals surface area (Å²) >= 11 is 0. The van der Waals surface area contributed by atoms with E-state index in [2.05, 4.69) is 15.3 Å². The number of rotatable bonds is 5. The number of methoxy groups -OCH3 is 1. The fraction of sp³-hybridized carbons (Fsp3) is 0.364. The molecule has 0 radical (unpaired) electrons. The zero-order valence-corrected chi connectivity index (χ0v) is 17.8. The number of aromatic nitrogens is 2. The van der Waals surface area contributed by atoms with E-state index in [0.717, 1.165) is 0 Å². The quantitative estimate of drug-likeness (QED) is 0.548. The molecule has 0 saturated heterocycles. The first-order valence-corrected chi connectivity index (χ1v) is 10.0. The molecule has 0 fully saturated rings. The van der Waals surface area contributed by atoms with E-state index in [9.17, 15) is 19.2 Å². The third-order valence-corrected chi connectivity index (χ3v) is 5.62. The summed E-state index contributed by atoms with van der Waals surface area (Å²) in [4.78, 5) is 53.6. The van der Waals surface area contributed by atoms with Crippen molar-refractivity contribution in [3.63, 3.8) is 0 Å². The molecule has 4 rings (SSSR count). The lowest BCUT2D eigenvalue weighted by Crippen LogP contribution is -2.38. The Kier molecular flexibility index (Phi) is 5.15. The molecule has 1 aliphatic heterocycles. The molecule has 4 N–H and O–H groups in total. The van der Waals surface area contributed by atoms with Crippen LogP contribution < -0.4 is 26.0 Å². The Morgan fingerprint density at radius 2 is 1.91 bits per heavy atom. The van der Waals surface area contributed by atoms with Crippen LogP contribution in [0.5, 0.6) is 11.5 Å². The number of aliphatic carboxylic acids is 1. The number of aromatic amines is 2. The number of nitrogens with one attached hydrogen (secondary N) is 3. The molecule has 32 heavy (non-hydrogen) atoms. The number of carboxylic acids is 1. The van der Waals surface area contributed by atoms with Gasteiger partial charge in [0.25, 0.3) is 5.56 Å². The Labute approximate surface area is 182 Å². The van der Waals surface area contributed by atoms with Crippen LogP contribution in [0.4, 0.5) is 5.82 Å². The lowest BCUT2D eigenvalue weighted by atomic mass is 9.69. The SMILES string of the molecule is COc1cc(C2C3=C(CC(C)(C)CC3=O)Nc3[nH]c(=O)[nH]c(=O)c32)ccc1OCC(=O)O. The first-order valence-electron chi connectivity index (χ1n) is 10.0. The summed E-state index contributed by atoms with van der Waals surface area (Å²) in [5.74, 6) is -1.24. The van der Waals surface area contributed by atoms with Gasteiger partial charge in [-0.1, -0.05) is 19.9 Å². The highest BCUT2D eigenvalue weighted by molar-refractivity contribution is 6.01. The zero-order valence-electron chi connectivity index (χ0n) is 17.8. The normalized spacial score (nSPS) is 19.0. The second-order valence-electron chi connectivity index (χ2n) is 8.68. The number of ether oxygens (including phenoxy) is 2. The lowest BCUT2D eigenvalue weighted by molar-refractivity contribution is -0.139. The van der Waals surface area contributed by atoms with Gasteiger partial charge in [-0.25, -0.2) is 9.59 Å². The predicted molar refractivity (Wildman–Crippen MR) is 114 cm³/mol. The number of benzene rings is 1. The highest BCUT2D eigenvalue weighted by atomic mass is 16.5. The van der Waals surface area contributed by atoms with E-state index >= 15 is 0 Å². The highest BCUT2D eigenvalue weighted by Crippen LogP contribution is 2.48. The van der Waals surface area contributed by atoms with Crippen molar-refractivity contribution in [2.75, 3.05) is 19.0 Å². The fourth-order valence-corrected chi connectivity index (χ4v) is 4.40. The molecule has 0 spiro atoms. The molecule has 10 nitrogen and oxygen atoms in total. The summed E-state index contributed by atoms with van der Waals surface area (Å²) in [6, 6.07) is 4.80. The molecule has 168 valence electrons. The predicted octanol–water partition coefficient (Wildman–Crippen LogP) is 1.74.